The zero-order chi connectivity index (χ0) is 21.1. The Morgan fingerprint density at radius 3 is 2.73 bits per heavy atom. The van der Waals surface area contributed by atoms with Crippen LogP contribution >= 0.6 is 11.6 Å². The van der Waals surface area contributed by atoms with Crippen LogP contribution in [0.3, 0.4) is 0 Å². The lowest BCUT2D eigenvalue weighted by Gasteiger charge is -2.36. The van der Waals surface area contributed by atoms with Crippen molar-refractivity contribution in [2.45, 2.75) is 18.5 Å². The van der Waals surface area contributed by atoms with Crippen molar-refractivity contribution in [3.05, 3.63) is 59.1 Å². The number of likely N-dealkylation sites (tertiary alicyclic amines) is 1. The van der Waals surface area contributed by atoms with E-state index in [1.165, 1.54) is 0 Å². The molecule has 2 aromatic rings. The molecule has 2 aliphatic rings. The van der Waals surface area contributed by atoms with Crippen LogP contribution in [0.15, 0.2) is 53.5 Å². The summed E-state index contributed by atoms with van der Waals surface area (Å²) in [6.07, 6.45) is 1.29. The molecule has 4 rings (SSSR count). The van der Waals surface area contributed by atoms with Gasteiger partial charge in [-0.05, 0) is 24.3 Å². The van der Waals surface area contributed by atoms with E-state index in [-0.39, 0.29) is 18.4 Å². The van der Waals surface area contributed by atoms with E-state index < -0.39 is 5.66 Å². The molecule has 1 fully saturated rings. The Morgan fingerprint density at radius 2 is 2.00 bits per heavy atom. The molecule has 8 heteroatoms. The minimum Gasteiger partial charge on any atom is -0.495 e. The van der Waals surface area contributed by atoms with Gasteiger partial charge in [-0.25, -0.2) is 0 Å². The number of nitrogens with one attached hydrogen (secondary N) is 2. The van der Waals surface area contributed by atoms with E-state index in [1.54, 1.807) is 31.4 Å². The van der Waals surface area contributed by atoms with Gasteiger partial charge in [0.2, 0.25) is 5.91 Å². The molecule has 2 amide bonds. The van der Waals surface area contributed by atoms with Gasteiger partial charge < -0.3 is 15.4 Å². The van der Waals surface area contributed by atoms with Gasteiger partial charge in [-0.1, -0.05) is 35.9 Å². The fraction of sp³-hybridized carbons (Fsp3) is 0.318. The van der Waals surface area contributed by atoms with E-state index in [1.807, 2.05) is 24.3 Å². The molecular weight excluding hydrogens is 404 g/mol. The maximum absolute atomic E-state index is 12.5. The number of amides is 2. The third-order valence-corrected chi connectivity index (χ3v) is 5.65. The van der Waals surface area contributed by atoms with E-state index in [4.69, 9.17) is 21.3 Å². The predicted molar refractivity (Wildman–Crippen MR) is 116 cm³/mol. The first-order chi connectivity index (χ1) is 14.5. The third kappa shape index (κ3) is 4.32. The van der Waals surface area contributed by atoms with Gasteiger partial charge >= 0.3 is 0 Å². The molecule has 1 saturated heterocycles. The first-order valence-electron chi connectivity index (χ1n) is 9.81. The van der Waals surface area contributed by atoms with E-state index >= 15 is 0 Å². The van der Waals surface area contributed by atoms with Crippen molar-refractivity contribution in [3.63, 3.8) is 0 Å². The van der Waals surface area contributed by atoms with E-state index in [0.29, 0.717) is 48.1 Å². The topological polar surface area (TPSA) is 83.0 Å². The van der Waals surface area contributed by atoms with Gasteiger partial charge in [0.25, 0.3) is 5.91 Å². The average Bonchev–Trinajstić information content (AvgIpc) is 3.06. The van der Waals surface area contributed by atoms with Crippen LogP contribution in [0.1, 0.15) is 18.4 Å². The van der Waals surface area contributed by atoms with Gasteiger partial charge in [-0.3, -0.25) is 19.5 Å². The number of aliphatic imine (C=N–C) groups is 1. The van der Waals surface area contributed by atoms with Crippen LogP contribution in [0.2, 0.25) is 5.02 Å². The highest BCUT2D eigenvalue weighted by Gasteiger charge is 2.42. The lowest BCUT2D eigenvalue weighted by molar-refractivity contribution is -0.119. The Morgan fingerprint density at radius 1 is 1.23 bits per heavy atom. The second kappa shape index (κ2) is 8.45. The van der Waals surface area contributed by atoms with Crippen molar-refractivity contribution in [2.24, 2.45) is 4.99 Å². The first kappa shape index (κ1) is 20.4. The fourth-order valence-corrected chi connectivity index (χ4v) is 4.04. The molecule has 1 spiro atoms. The van der Waals surface area contributed by atoms with Gasteiger partial charge in [0, 0.05) is 36.5 Å². The van der Waals surface area contributed by atoms with E-state index in [9.17, 15) is 9.59 Å². The number of halogens is 1. The van der Waals surface area contributed by atoms with Gasteiger partial charge in [0.1, 0.15) is 17.1 Å². The number of ether oxygens (including phenoxy) is 1. The number of nitrogens with zero attached hydrogens (tertiary/aromatic N) is 2. The molecule has 0 aromatic heterocycles. The van der Waals surface area contributed by atoms with Crippen LogP contribution in [0.25, 0.3) is 0 Å². The van der Waals surface area contributed by atoms with Crippen molar-refractivity contribution >= 4 is 34.8 Å². The fourth-order valence-electron chi connectivity index (χ4n) is 3.85. The molecule has 2 N–H and O–H groups in total. The summed E-state index contributed by atoms with van der Waals surface area (Å²) >= 11 is 6.05. The minimum atomic E-state index is -0.607. The zero-order valence-corrected chi connectivity index (χ0v) is 17.4. The Kier molecular flexibility index (Phi) is 5.74. The normalized spacial score (nSPS) is 18.1. The van der Waals surface area contributed by atoms with Crippen LogP contribution in [-0.4, -0.2) is 54.8 Å². The van der Waals surface area contributed by atoms with E-state index in [0.717, 1.165) is 5.56 Å². The highest BCUT2D eigenvalue weighted by atomic mass is 35.5. The number of methoxy groups -OCH3 is 1. The number of hydrogen-bond donors (Lipinski definition) is 2. The summed E-state index contributed by atoms with van der Waals surface area (Å²) in [6.45, 7) is 1.59. The quantitative estimate of drug-likeness (QED) is 0.770. The maximum atomic E-state index is 12.5. The molecule has 0 aliphatic carbocycles. The second-order valence-electron chi connectivity index (χ2n) is 7.48. The summed E-state index contributed by atoms with van der Waals surface area (Å²) in [5.74, 6) is 0.341. The summed E-state index contributed by atoms with van der Waals surface area (Å²) in [5.41, 5.74) is 1.18. The lowest BCUT2D eigenvalue weighted by atomic mass is 9.98. The maximum Gasteiger partial charge on any atom is 0.272 e. The van der Waals surface area contributed by atoms with Crippen molar-refractivity contribution in [1.29, 1.82) is 0 Å². The number of carbonyl (C=O) groups excluding carboxylic acids is 2. The second-order valence-corrected chi connectivity index (χ2v) is 7.92. The number of para-hydroxylation sites is 2. The number of benzene rings is 2. The number of piperidine rings is 1. The molecule has 0 saturated carbocycles. The summed E-state index contributed by atoms with van der Waals surface area (Å²) < 4.78 is 5.27. The van der Waals surface area contributed by atoms with Crippen molar-refractivity contribution in [3.8, 4) is 5.75 Å². The molecular formula is C22H23ClN4O3. The molecule has 0 radical (unpaired) electrons. The number of carbonyl (C=O) groups is 2. The van der Waals surface area contributed by atoms with Gasteiger partial charge in [0.15, 0.2) is 0 Å². The number of hydrogen-bond acceptors (Lipinski definition) is 5. The Labute approximate surface area is 180 Å². The predicted octanol–water partition coefficient (Wildman–Crippen LogP) is 2.70. The Bertz CT molecular complexity index is 999. The third-order valence-electron chi connectivity index (χ3n) is 5.42. The molecule has 0 atom stereocenters. The van der Waals surface area contributed by atoms with Crippen LogP contribution in [0.4, 0.5) is 5.69 Å². The van der Waals surface area contributed by atoms with Gasteiger partial charge in [0.05, 0.1) is 19.3 Å². The van der Waals surface area contributed by atoms with E-state index in [2.05, 4.69) is 15.5 Å². The highest BCUT2D eigenvalue weighted by Crippen LogP contribution is 2.29. The summed E-state index contributed by atoms with van der Waals surface area (Å²) in [7, 11) is 1.57. The molecule has 2 aromatic carbocycles. The Balaban J connectivity index is 1.37. The van der Waals surface area contributed by atoms with Crippen LogP contribution < -0.4 is 15.4 Å². The zero-order valence-electron chi connectivity index (χ0n) is 16.7. The molecule has 0 unspecified atom stereocenters. The molecule has 156 valence electrons. The standard InChI is InChI=1S/C22H23ClN4O3/c1-30-18-8-3-2-7-17(18)24-19(28)14-27-11-9-22(10-12-27)25-20(21(29)26-22)15-5-4-6-16(23)13-15/h2-8,13H,9-12,14H2,1H3,(H,24,28)(H,26,29). The summed E-state index contributed by atoms with van der Waals surface area (Å²) in [4.78, 5) is 31.8. The minimum absolute atomic E-state index is 0.103. The van der Waals surface area contributed by atoms with Crippen molar-refractivity contribution in [2.75, 3.05) is 32.1 Å². The number of anilines is 1. The molecule has 30 heavy (non-hydrogen) atoms. The Hall–Kier alpha value is -2.90. The smallest absolute Gasteiger partial charge is 0.272 e. The average molecular weight is 427 g/mol. The van der Waals surface area contributed by atoms with Gasteiger partial charge in [-0.2, -0.15) is 0 Å². The molecule has 2 heterocycles. The summed E-state index contributed by atoms with van der Waals surface area (Å²) in [6, 6.07) is 14.5. The SMILES string of the molecule is COc1ccccc1NC(=O)CN1CCC2(CC1)N=C(c1cccc(Cl)c1)C(=O)N2. The highest BCUT2D eigenvalue weighted by molar-refractivity contribution is 6.47. The van der Waals surface area contributed by atoms with Crippen molar-refractivity contribution in [1.82, 2.24) is 10.2 Å². The molecule has 0 bridgehead atoms. The number of rotatable bonds is 5. The monoisotopic (exact) mass is 426 g/mol. The molecule has 2 aliphatic heterocycles. The largest absolute Gasteiger partial charge is 0.495 e. The summed E-state index contributed by atoms with van der Waals surface area (Å²) in [5, 5.41) is 6.50. The van der Waals surface area contributed by atoms with Crippen LogP contribution in [0.5, 0.6) is 5.75 Å². The van der Waals surface area contributed by atoms with Crippen LogP contribution in [-0.2, 0) is 9.59 Å². The van der Waals surface area contributed by atoms with Crippen LogP contribution in [0, 0.1) is 0 Å². The van der Waals surface area contributed by atoms with Crippen molar-refractivity contribution < 1.29 is 14.3 Å². The molecule has 7 nitrogen and oxygen atoms in total. The van der Waals surface area contributed by atoms with Gasteiger partial charge in [-0.15, -0.1) is 0 Å². The lowest BCUT2D eigenvalue weighted by Crippen LogP contribution is -2.52. The first-order valence-corrected chi connectivity index (χ1v) is 10.2.